The molecule has 1 aromatic rings. The number of aliphatic hydroxyl groups excluding tert-OH is 1. The molecular weight excluding hydrogens is 386 g/mol. The zero-order valence-electron chi connectivity index (χ0n) is 18.4. The van der Waals surface area contributed by atoms with E-state index in [0.29, 0.717) is 23.4 Å². The molecule has 8 nitrogen and oxygen atoms in total. The van der Waals surface area contributed by atoms with Gasteiger partial charge in [0.15, 0.2) is 0 Å². The highest BCUT2D eigenvalue weighted by Crippen LogP contribution is 2.25. The lowest BCUT2D eigenvalue weighted by Gasteiger charge is -2.21. The van der Waals surface area contributed by atoms with E-state index < -0.39 is 17.9 Å². The van der Waals surface area contributed by atoms with Gasteiger partial charge < -0.3 is 25.8 Å². The number of carbonyl (C=O) groups is 3. The summed E-state index contributed by atoms with van der Waals surface area (Å²) in [5.74, 6) is -0.676. The number of rotatable bonds is 13. The van der Waals surface area contributed by atoms with Crippen molar-refractivity contribution >= 4 is 23.4 Å². The monoisotopic (exact) mass is 421 g/mol. The highest BCUT2D eigenvalue weighted by atomic mass is 16.5. The van der Waals surface area contributed by atoms with Crippen LogP contribution in [-0.4, -0.2) is 42.5 Å². The molecule has 30 heavy (non-hydrogen) atoms. The molecule has 4 N–H and O–H groups in total. The number of carbonyl (C=O) groups excluding carboxylic acids is 3. The van der Waals surface area contributed by atoms with Gasteiger partial charge in [0.25, 0.3) is 0 Å². The smallest absolute Gasteiger partial charge is 0.243 e. The summed E-state index contributed by atoms with van der Waals surface area (Å²) in [5, 5.41) is 17.2. The van der Waals surface area contributed by atoms with Crippen molar-refractivity contribution in [3.63, 3.8) is 0 Å². The first-order valence-electron chi connectivity index (χ1n) is 10.5. The van der Waals surface area contributed by atoms with Gasteiger partial charge >= 0.3 is 0 Å². The average Bonchev–Trinajstić information content (AvgIpc) is 2.73. The Labute approximate surface area is 178 Å². The molecule has 0 aromatic heterocycles. The van der Waals surface area contributed by atoms with Crippen molar-refractivity contribution in [2.75, 3.05) is 19.0 Å². The van der Waals surface area contributed by atoms with Crippen molar-refractivity contribution < 1.29 is 24.2 Å². The minimum absolute atomic E-state index is 0.112. The van der Waals surface area contributed by atoms with Gasteiger partial charge in [-0.2, -0.15) is 0 Å². The highest BCUT2D eigenvalue weighted by Gasteiger charge is 2.24. The Kier molecular flexibility index (Phi) is 11.5. The highest BCUT2D eigenvalue weighted by molar-refractivity contribution is 5.97. The molecule has 1 atom stereocenters. The first kappa shape index (κ1) is 25.4. The van der Waals surface area contributed by atoms with E-state index >= 15 is 0 Å². The molecule has 0 aliphatic heterocycles. The summed E-state index contributed by atoms with van der Waals surface area (Å²) in [6.45, 7) is 5.42. The third-order valence-electron chi connectivity index (χ3n) is 4.67. The van der Waals surface area contributed by atoms with Gasteiger partial charge in [0, 0.05) is 6.42 Å². The second kappa shape index (κ2) is 13.6. The number of unbranched alkanes of at least 4 members (excludes halogenated alkanes) is 3. The molecule has 1 rings (SSSR count). The van der Waals surface area contributed by atoms with E-state index in [0.717, 1.165) is 25.7 Å². The molecule has 1 unspecified atom stereocenters. The lowest BCUT2D eigenvalue weighted by Crippen LogP contribution is -2.51. The van der Waals surface area contributed by atoms with Crippen LogP contribution in [0.15, 0.2) is 18.2 Å². The van der Waals surface area contributed by atoms with Crippen molar-refractivity contribution in [3.05, 3.63) is 23.8 Å². The third kappa shape index (κ3) is 8.82. The summed E-state index contributed by atoms with van der Waals surface area (Å²) in [4.78, 5) is 36.9. The van der Waals surface area contributed by atoms with Crippen LogP contribution in [0, 0.1) is 5.92 Å². The number of aliphatic hydroxyl groups is 1. The summed E-state index contributed by atoms with van der Waals surface area (Å²) >= 11 is 0. The van der Waals surface area contributed by atoms with E-state index in [-0.39, 0.29) is 25.0 Å². The molecule has 168 valence electrons. The SMILES string of the molecule is CCCCCCC(=O)NC(C(=O)NCC(=O)Nc1ccc(CO)cc1OC)C(C)C. The predicted molar refractivity (Wildman–Crippen MR) is 116 cm³/mol. The van der Waals surface area contributed by atoms with E-state index in [2.05, 4.69) is 22.9 Å². The Bertz CT molecular complexity index is 706. The molecule has 0 radical (unpaired) electrons. The van der Waals surface area contributed by atoms with Crippen LogP contribution in [0.5, 0.6) is 5.75 Å². The number of ether oxygens (including phenoxy) is 1. The van der Waals surface area contributed by atoms with Gasteiger partial charge in [-0.3, -0.25) is 14.4 Å². The number of amides is 3. The molecule has 0 spiro atoms. The van der Waals surface area contributed by atoms with Crippen LogP contribution in [0.3, 0.4) is 0 Å². The van der Waals surface area contributed by atoms with E-state index in [9.17, 15) is 19.5 Å². The first-order valence-corrected chi connectivity index (χ1v) is 10.5. The summed E-state index contributed by atoms with van der Waals surface area (Å²) < 4.78 is 5.21. The Morgan fingerprint density at radius 1 is 1.10 bits per heavy atom. The fourth-order valence-corrected chi connectivity index (χ4v) is 2.90. The Hall–Kier alpha value is -2.61. The van der Waals surface area contributed by atoms with Gasteiger partial charge in [0.1, 0.15) is 11.8 Å². The van der Waals surface area contributed by atoms with Gasteiger partial charge in [-0.1, -0.05) is 46.1 Å². The largest absolute Gasteiger partial charge is 0.495 e. The minimum atomic E-state index is -0.699. The maximum absolute atomic E-state index is 12.5. The molecule has 0 heterocycles. The summed E-state index contributed by atoms with van der Waals surface area (Å²) in [6.07, 6.45) is 4.36. The Balaban J connectivity index is 2.56. The van der Waals surface area contributed by atoms with Crippen molar-refractivity contribution in [1.82, 2.24) is 10.6 Å². The Morgan fingerprint density at radius 2 is 1.83 bits per heavy atom. The van der Waals surface area contributed by atoms with Crippen molar-refractivity contribution in [2.24, 2.45) is 5.92 Å². The van der Waals surface area contributed by atoms with Crippen LogP contribution < -0.4 is 20.7 Å². The molecule has 8 heteroatoms. The predicted octanol–water partition coefficient (Wildman–Crippen LogP) is 2.35. The van der Waals surface area contributed by atoms with Gasteiger partial charge in [0.05, 0.1) is 25.9 Å². The van der Waals surface area contributed by atoms with E-state index in [1.165, 1.54) is 7.11 Å². The van der Waals surface area contributed by atoms with Gasteiger partial charge in [-0.25, -0.2) is 0 Å². The number of hydrogen-bond acceptors (Lipinski definition) is 5. The second-order valence-corrected chi connectivity index (χ2v) is 7.56. The second-order valence-electron chi connectivity index (χ2n) is 7.56. The molecule has 0 fully saturated rings. The fourth-order valence-electron chi connectivity index (χ4n) is 2.90. The number of benzene rings is 1. The van der Waals surface area contributed by atoms with E-state index in [1.54, 1.807) is 18.2 Å². The van der Waals surface area contributed by atoms with Crippen molar-refractivity contribution in [3.8, 4) is 5.75 Å². The van der Waals surface area contributed by atoms with Crippen LogP contribution in [-0.2, 0) is 21.0 Å². The number of nitrogens with one attached hydrogen (secondary N) is 3. The molecule has 3 amide bonds. The standard InChI is InChI=1S/C22H35N3O5/c1-5-6-7-8-9-19(27)25-21(15(2)3)22(29)23-13-20(28)24-17-11-10-16(14-26)12-18(17)30-4/h10-12,15,21,26H,5-9,13-14H2,1-4H3,(H,23,29)(H,24,28)(H,25,27). The molecule has 1 aromatic carbocycles. The van der Waals surface area contributed by atoms with Crippen LogP contribution >= 0.6 is 0 Å². The number of hydrogen-bond donors (Lipinski definition) is 4. The zero-order chi connectivity index (χ0) is 22.5. The first-order chi connectivity index (χ1) is 14.3. The van der Waals surface area contributed by atoms with Gasteiger partial charge in [-0.05, 0) is 30.0 Å². The molecule has 0 bridgehead atoms. The van der Waals surface area contributed by atoms with E-state index in [1.807, 2.05) is 13.8 Å². The topological polar surface area (TPSA) is 117 Å². The molecular formula is C22H35N3O5. The molecule has 0 aliphatic rings. The van der Waals surface area contributed by atoms with E-state index in [4.69, 9.17) is 4.74 Å². The summed E-state index contributed by atoms with van der Waals surface area (Å²) in [7, 11) is 1.46. The lowest BCUT2D eigenvalue weighted by molar-refractivity contribution is -0.130. The van der Waals surface area contributed by atoms with Crippen LogP contribution in [0.4, 0.5) is 5.69 Å². The molecule has 0 saturated heterocycles. The third-order valence-corrected chi connectivity index (χ3v) is 4.67. The van der Waals surface area contributed by atoms with Crippen molar-refractivity contribution in [2.45, 2.75) is 65.5 Å². The number of anilines is 1. The van der Waals surface area contributed by atoms with Crippen LogP contribution in [0.25, 0.3) is 0 Å². The Morgan fingerprint density at radius 3 is 2.43 bits per heavy atom. The maximum atomic E-state index is 12.5. The molecule has 0 aliphatic carbocycles. The van der Waals surface area contributed by atoms with Gasteiger partial charge in [-0.15, -0.1) is 0 Å². The zero-order valence-corrected chi connectivity index (χ0v) is 18.4. The van der Waals surface area contributed by atoms with Crippen LogP contribution in [0.1, 0.15) is 58.4 Å². The summed E-state index contributed by atoms with van der Waals surface area (Å²) in [5.41, 5.74) is 1.10. The fraction of sp³-hybridized carbons (Fsp3) is 0.591. The summed E-state index contributed by atoms with van der Waals surface area (Å²) in [6, 6.07) is 4.22. The average molecular weight is 422 g/mol. The maximum Gasteiger partial charge on any atom is 0.243 e. The lowest BCUT2D eigenvalue weighted by atomic mass is 10.0. The van der Waals surface area contributed by atoms with Crippen LogP contribution in [0.2, 0.25) is 0 Å². The normalized spacial score (nSPS) is 11.7. The quantitative estimate of drug-likeness (QED) is 0.365. The van der Waals surface area contributed by atoms with Crippen molar-refractivity contribution in [1.29, 1.82) is 0 Å². The van der Waals surface area contributed by atoms with Gasteiger partial charge in [0.2, 0.25) is 17.7 Å². The molecule has 0 saturated carbocycles. The number of methoxy groups -OCH3 is 1. The minimum Gasteiger partial charge on any atom is -0.495 e.